The van der Waals surface area contributed by atoms with Crippen LogP contribution in [0.25, 0.3) is 0 Å². The number of allylic oxidation sites excluding steroid dienone is 2. The van der Waals surface area contributed by atoms with Gasteiger partial charge in [0.25, 0.3) is 0 Å². The Hall–Kier alpha value is -1.95. The third kappa shape index (κ3) is 2.83. The van der Waals surface area contributed by atoms with E-state index in [1.807, 2.05) is 24.3 Å². The standard InChI is InChI=1S/C16H15BrN2O3/c17-10-5-7-11(8-6-10)18-14(20)9-19-15(21)12-3-1-2-4-13(12)16(19)22/h1-2,5-8,12-13H,3-4,9H2,(H,18,20)/t12-,13-/m1/s1. The third-order valence-electron chi connectivity index (χ3n) is 4.03. The van der Waals surface area contributed by atoms with E-state index >= 15 is 0 Å². The van der Waals surface area contributed by atoms with E-state index in [9.17, 15) is 14.4 Å². The first-order chi connectivity index (χ1) is 10.6. The van der Waals surface area contributed by atoms with Crippen LogP contribution >= 0.6 is 15.9 Å². The van der Waals surface area contributed by atoms with E-state index in [-0.39, 0.29) is 36.1 Å². The molecule has 2 atom stereocenters. The summed E-state index contributed by atoms with van der Waals surface area (Å²) >= 11 is 3.32. The van der Waals surface area contributed by atoms with E-state index in [2.05, 4.69) is 21.2 Å². The molecule has 114 valence electrons. The van der Waals surface area contributed by atoms with Gasteiger partial charge in [0.05, 0.1) is 11.8 Å². The average molecular weight is 363 g/mol. The zero-order valence-corrected chi connectivity index (χ0v) is 13.4. The smallest absolute Gasteiger partial charge is 0.244 e. The van der Waals surface area contributed by atoms with Gasteiger partial charge in [0.1, 0.15) is 6.54 Å². The molecule has 0 saturated carbocycles. The Kier molecular flexibility index (Phi) is 4.11. The van der Waals surface area contributed by atoms with Crippen LogP contribution in [0.15, 0.2) is 40.9 Å². The lowest BCUT2D eigenvalue weighted by Gasteiger charge is -2.14. The van der Waals surface area contributed by atoms with Crippen LogP contribution in [0, 0.1) is 11.8 Å². The van der Waals surface area contributed by atoms with Crippen LogP contribution in [0.2, 0.25) is 0 Å². The molecule has 1 heterocycles. The molecular formula is C16H15BrN2O3. The summed E-state index contributed by atoms with van der Waals surface area (Å²) in [5.41, 5.74) is 0.631. The molecule has 2 aliphatic rings. The number of carbonyl (C=O) groups excluding carboxylic acids is 3. The van der Waals surface area contributed by atoms with Crippen molar-refractivity contribution >= 4 is 39.3 Å². The molecule has 0 radical (unpaired) electrons. The molecule has 1 fully saturated rings. The highest BCUT2D eigenvalue weighted by Gasteiger charge is 2.47. The minimum Gasteiger partial charge on any atom is -0.325 e. The van der Waals surface area contributed by atoms with Crippen molar-refractivity contribution in [2.24, 2.45) is 11.8 Å². The van der Waals surface area contributed by atoms with Crippen LogP contribution < -0.4 is 5.32 Å². The Morgan fingerprint density at radius 1 is 1.09 bits per heavy atom. The quantitative estimate of drug-likeness (QED) is 0.662. The lowest BCUT2D eigenvalue weighted by molar-refractivity contribution is -0.142. The molecule has 5 nitrogen and oxygen atoms in total. The molecule has 0 aromatic heterocycles. The molecule has 1 saturated heterocycles. The van der Waals surface area contributed by atoms with Gasteiger partial charge < -0.3 is 5.32 Å². The third-order valence-corrected chi connectivity index (χ3v) is 4.56. The van der Waals surface area contributed by atoms with Crippen molar-refractivity contribution in [2.75, 3.05) is 11.9 Å². The number of anilines is 1. The van der Waals surface area contributed by atoms with Crippen molar-refractivity contribution in [2.45, 2.75) is 12.8 Å². The Labute approximate surface area is 136 Å². The predicted molar refractivity (Wildman–Crippen MR) is 84.8 cm³/mol. The first-order valence-electron chi connectivity index (χ1n) is 7.12. The molecular weight excluding hydrogens is 348 g/mol. The SMILES string of the molecule is O=C(CN1C(=O)[C@@H]2CC=CC[C@H]2C1=O)Nc1ccc(Br)cc1. The van der Waals surface area contributed by atoms with Crippen LogP contribution in [0.3, 0.4) is 0 Å². The van der Waals surface area contributed by atoms with E-state index in [1.165, 1.54) is 0 Å². The number of nitrogens with zero attached hydrogens (tertiary/aromatic N) is 1. The lowest BCUT2D eigenvalue weighted by atomic mass is 9.85. The summed E-state index contributed by atoms with van der Waals surface area (Å²) in [6, 6.07) is 7.11. The Balaban J connectivity index is 1.65. The van der Waals surface area contributed by atoms with Gasteiger partial charge in [-0.25, -0.2) is 0 Å². The number of fused-ring (bicyclic) bond motifs is 1. The minimum atomic E-state index is -0.365. The van der Waals surface area contributed by atoms with E-state index < -0.39 is 0 Å². The number of nitrogens with one attached hydrogen (secondary N) is 1. The van der Waals surface area contributed by atoms with E-state index in [4.69, 9.17) is 0 Å². The normalized spacial score (nSPS) is 23.6. The van der Waals surface area contributed by atoms with E-state index in [0.29, 0.717) is 18.5 Å². The summed E-state index contributed by atoms with van der Waals surface area (Å²) in [6.07, 6.45) is 5.02. The van der Waals surface area contributed by atoms with Crippen molar-refractivity contribution in [3.63, 3.8) is 0 Å². The van der Waals surface area contributed by atoms with Crippen LogP contribution in [-0.4, -0.2) is 29.2 Å². The molecule has 0 unspecified atom stereocenters. The molecule has 0 spiro atoms. The Morgan fingerprint density at radius 2 is 1.64 bits per heavy atom. The van der Waals surface area contributed by atoms with E-state index in [1.54, 1.807) is 12.1 Å². The second-order valence-corrected chi connectivity index (χ2v) is 6.39. The minimum absolute atomic E-state index is 0.221. The molecule has 1 aromatic rings. The molecule has 3 amide bonds. The van der Waals surface area contributed by atoms with Crippen molar-refractivity contribution < 1.29 is 14.4 Å². The first kappa shape index (κ1) is 15.0. The monoisotopic (exact) mass is 362 g/mol. The summed E-state index contributed by atoms with van der Waals surface area (Å²) in [7, 11) is 0. The fourth-order valence-corrected chi connectivity index (χ4v) is 3.17. The molecule has 1 aliphatic heterocycles. The number of likely N-dealkylation sites (tertiary alicyclic amines) is 1. The van der Waals surface area contributed by atoms with Crippen LogP contribution in [0.5, 0.6) is 0 Å². The maximum absolute atomic E-state index is 12.3. The number of halogens is 1. The highest BCUT2D eigenvalue weighted by Crippen LogP contribution is 2.34. The average Bonchev–Trinajstić information content (AvgIpc) is 2.75. The van der Waals surface area contributed by atoms with Gasteiger partial charge in [-0.3, -0.25) is 19.3 Å². The number of benzene rings is 1. The van der Waals surface area contributed by atoms with Crippen LogP contribution in [0.1, 0.15) is 12.8 Å². The fraction of sp³-hybridized carbons (Fsp3) is 0.312. The number of rotatable bonds is 3. The van der Waals surface area contributed by atoms with Crippen molar-refractivity contribution in [1.82, 2.24) is 4.90 Å². The maximum atomic E-state index is 12.3. The van der Waals surface area contributed by atoms with Crippen molar-refractivity contribution in [3.8, 4) is 0 Å². The number of hydrogen-bond acceptors (Lipinski definition) is 3. The van der Waals surface area contributed by atoms with Gasteiger partial charge in [-0.05, 0) is 37.1 Å². The van der Waals surface area contributed by atoms with Crippen LogP contribution in [-0.2, 0) is 14.4 Å². The van der Waals surface area contributed by atoms with Gasteiger partial charge in [-0.15, -0.1) is 0 Å². The summed E-state index contributed by atoms with van der Waals surface area (Å²) in [4.78, 5) is 37.7. The zero-order chi connectivity index (χ0) is 15.7. The molecule has 0 bridgehead atoms. The highest BCUT2D eigenvalue weighted by molar-refractivity contribution is 9.10. The number of amides is 3. The topological polar surface area (TPSA) is 66.5 Å². The van der Waals surface area contributed by atoms with Gasteiger partial charge in [0.2, 0.25) is 17.7 Å². The largest absolute Gasteiger partial charge is 0.325 e. The molecule has 22 heavy (non-hydrogen) atoms. The second kappa shape index (κ2) is 6.04. The highest BCUT2D eigenvalue weighted by atomic mass is 79.9. The Bertz CT molecular complexity index is 628. The summed E-state index contributed by atoms with van der Waals surface area (Å²) in [5.74, 6) is -1.41. The zero-order valence-electron chi connectivity index (χ0n) is 11.8. The molecule has 1 aliphatic carbocycles. The fourth-order valence-electron chi connectivity index (χ4n) is 2.90. The molecule has 1 aromatic carbocycles. The summed E-state index contributed by atoms with van der Waals surface area (Å²) < 4.78 is 0.909. The van der Waals surface area contributed by atoms with Crippen LogP contribution in [0.4, 0.5) is 5.69 Å². The molecule has 3 rings (SSSR count). The molecule has 6 heteroatoms. The van der Waals surface area contributed by atoms with E-state index in [0.717, 1.165) is 9.37 Å². The van der Waals surface area contributed by atoms with Gasteiger partial charge in [-0.2, -0.15) is 0 Å². The van der Waals surface area contributed by atoms with Crippen molar-refractivity contribution in [3.05, 3.63) is 40.9 Å². The van der Waals surface area contributed by atoms with Gasteiger partial charge in [-0.1, -0.05) is 28.1 Å². The van der Waals surface area contributed by atoms with Gasteiger partial charge >= 0.3 is 0 Å². The summed E-state index contributed by atoms with van der Waals surface area (Å²) in [5, 5.41) is 2.70. The number of imide groups is 1. The van der Waals surface area contributed by atoms with Gasteiger partial charge in [0.15, 0.2) is 0 Å². The lowest BCUT2D eigenvalue weighted by Crippen LogP contribution is -2.38. The Morgan fingerprint density at radius 3 is 2.18 bits per heavy atom. The number of carbonyl (C=O) groups is 3. The number of hydrogen-bond donors (Lipinski definition) is 1. The van der Waals surface area contributed by atoms with Gasteiger partial charge in [0, 0.05) is 10.2 Å². The second-order valence-electron chi connectivity index (χ2n) is 5.47. The van der Waals surface area contributed by atoms with Crippen molar-refractivity contribution in [1.29, 1.82) is 0 Å². The summed E-state index contributed by atoms with van der Waals surface area (Å²) in [6.45, 7) is -0.221. The first-order valence-corrected chi connectivity index (χ1v) is 7.91. The molecule has 1 N–H and O–H groups in total. The maximum Gasteiger partial charge on any atom is 0.244 e. The predicted octanol–water partition coefficient (Wildman–Crippen LogP) is 2.34.